The van der Waals surface area contributed by atoms with Gasteiger partial charge in [0.1, 0.15) is 0 Å². The molecule has 0 unspecified atom stereocenters. The van der Waals surface area contributed by atoms with Gasteiger partial charge in [-0.3, -0.25) is 0 Å². The topological polar surface area (TPSA) is 93.0 Å². The van der Waals surface area contributed by atoms with Crippen LogP contribution >= 0.6 is 11.9 Å². The molecule has 210 valence electrons. The molecule has 1 aliphatic carbocycles. The maximum atomic E-state index is 10.5. The molecule has 1 amide bonds. The molecule has 1 saturated carbocycles. The number of amides is 1. The Morgan fingerprint density at radius 1 is 1.00 bits per heavy atom. The molecule has 0 radical (unpaired) electrons. The molecule has 1 aliphatic rings. The van der Waals surface area contributed by atoms with Crippen molar-refractivity contribution in [2.45, 2.75) is 84.6 Å². The Kier molecular flexibility index (Phi) is 21.8. The largest absolute Gasteiger partial charge is 0.465 e. The summed E-state index contributed by atoms with van der Waals surface area (Å²) in [6, 6.07) is 16.3. The second-order valence-corrected chi connectivity index (χ2v) is 10.6. The highest BCUT2D eigenvalue weighted by Crippen LogP contribution is 2.26. The third-order valence-corrected chi connectivity index (χ3v) is 6.39. The van der Waals surface area contributed by atoms with Gasteiger partial charge in [0.05, 0.1) is 6.61 Å². The smallest absolute Gasteiger partial charge is 0.404 e. The minimum Gasteiger partial charge on any atom is -0.465 e. The summed E-state index contributed by atoms with van der Waals surface area (Å²) in [5, 5.41) is 27.8. The highest BCUT2D eigenvalue weighted by Gasteiger charge is 2.10. The fourth-order valence-electron chi connectivity index (χ4n) is 3.50. The zero-order valence-corrected chi connectivity index (χ0v) is 24.4. The number of aliphatic hydroxyl groups is 2. The maximum Gasteiger partial charge on any atom is 0.404 e. The molecular weight excluding hydrogens is 484 g/mol. The maximum absolute atomic E-state index is 10.5. The van der Waals surface area contributed by atoms with E-state index in [4.69, 9.17) is 10.2 Å². The highest BCUT2D eigenvalue weighted by atomic mass is 32.2. The summed E-state index contributed by atoms with van der Waals surface area (Å²) in [6.07, 6.45) is 7.30. The van der Waals surface area contributed by atoms with Crippen LogP contribution in [0.1, 0.15) is 76.0 Å². The molecule has 0 atom stereocenters. The number of aliphatic hydroxyl groups excluding tert-OH is 2. The van der Waals surface area contributed by atoms with Gasteiger partial charge in [-0.25, -0.2) is 9.10 Å². The van der Waals surface area contributed by atoms with Crippen LogP contribution in [0.4, 0.5) is 4.79 Å². The van der Waals surface area contributed by atoms with Crippen molar-refractivity contribution in [1.82, 2.24) is 9.62 Å². The lowest BCUT2D eigenvalue weighted by molar-refractivity contribution is 0.194. The fourth-order valence-corrected chi connectivity index (χ4v) is 4.75. The first-order valence-corrected chi connectivity index (χ1v) is 14.2. The Hall–Kier alpha value is -2.06. The Morgan fingerprint density at radius 3 is 1.97 bits per heavy atom. The molecule has 2 aromatic carbocycles. The van der Waals surface area contributed by atoms with Crippen LogP contribution < -0.4 is 5.32 Å². The lowest BCUT2D eigenvalue weighted by atomic mass is 10.1. The molecular formula is C30H50N2O4S. The van der Waals surface area contributed by atoms with Crippen LogP contribution in [0.25, 0.3) is 0 Å². The van der Waals surface area contributed by atoms with Crippen LogP contribution in [0.3, 0.4) is 0 Å². The number of hydrogen-bond acceptors (Lipinski definition) is 5. The van der Waals surface area contributed by atoms with Crippen molar-refractivity contribution in [2.75, 3.05) is 26.2 Å². The van der Waals surface area contributed by atoms with Gasteiger partial charge in [0.15, 0.2) is 0 Å². The van der Waals surface area contributed by atoms with Gasteiger partial charge in [-0.2, -0.15) is 0 Å². The lowest BCUT2D eigenvalue weighted by Crippen LogP contribution is -2.27. The van der Waals surface area contributed by atoms with Crippen LogP contribution in [0.5, 0.6) is 0 Å². The molecule has 1 fully saturated rings. The molecule has 0 spiro atoms. The average molecular weight is 535 g/mol. The van der Waals surface area contributed by atoms with Gasteiger partial charge in [0.25, 0.3) is 0 Å². The molecule has 0 saturated heterocycles. The van der Waals surface area contributed by atoms with E-state index >= 15 is 0 Å². The monoisotopic (exact) mass is 534 g/mol. The van der Waals surface area contributed by atoms with Crippen LogP contribution in [0.15, 0.2) is 53.4 Å². The van der Waals surface area contributed by atoms with Crippen LogP contribution in [0.2, 0.25) is 0 Å². The summed E-state index contributed by atoms with van der Waals surface area (Å²) >= 11 is 1.69. The Balaban J connectivity index is 0.000000689. The first kappa shape index (κ1) is 34.9. The van der Waals surface area contributed by atoms with Crippen molar-refractivity contribution in [1.29, 1.82) is 0 Å². The van der Waals surface area contributed by atoms with Gasteiger partial charge in [0.2, 0.25) is 0 Å². The van der Waals surface area contributed by atoms with E-state index in [0.29, 0.717) is 12.5 Å². The van der Waals surface area contributed by atoms with Crippen molar-refractivity contribution in [3.05, 3.63) is 65.2 Å². The van der Waals surface area contributed by atoms with E-state index < -0.39 is 6.09 Å². The predicted molar refractivity (Wildman–Crippen MR) is 157 cm³/mol. The van der Waals surface area contributed by atoms with Gasteiger partial charge in [0, 0.05) is 31.1 Å². The highest BCUT2D eigenvalue weighted by molar-refractivity contribution is 7.97. The molecule has 0 heterocycles. The van der Waals surface area contributed by atoms with E-state index in [-0.39, 0.29) is 13.2 Å². The predicted octanol–water partition coefficient (Wildman–Crippen LogP) is 7.05. The quantitative estimate of drug-likeness (QED) is 0.203. The van der Waals surface area contributed by atoms with E-state index in [2.05, 4.69) is 48.6 Å². The van der Waals surface area contributed by atoms with Crippen molar-refractivity contribution in [3.63, 3.8) is 0 Å². The number of benzene rings is 2. The summed E-state index contributed by atoms with van der Waals surface area (Å²) in [7, 11) is 0. The molecule has 0 aromatic heterocycles. The molecule has 7 heteroatoms. The van der Waals surface area contributed by atoms with Gasteiger partial charge < -0.3 is 20.6 Å². The Labute approximate surface area is 229 Å². The molecule has 6 nitrogen and oxygen atoms in total. The van der Waals surface area contributed by atoms with Gasteiger partial charge in [-0.15, -0.1) is 0 Å². The number of nitrogens with one attached hydrogen (secondary N) is 1. The molecule has 0 aliphatic heterocycles. The zero-order valence-electron chi connectivity index (χ0n) is 23.6. The summed E-state index contributed by atoms with van der Waals surface area (Å²) in [4.78, 5) is 11.6. The number of aryl methyl sites for hydroxylation is 2. The van der Waals surface area contributed by atoms with Crippen molar-refractivity contribution < 1.29 is 20.1 Å². The minimum atomic E-state index is -0.974. The lowest BCUT2D eigenvalue weighted by Gasteiger charge is -2.23. The third-order valence-electron chi connectivity index (χ3n) is 5.34. The summed E-state index contributed by atoms with van der Waals surface area (Å²) in [5.41, 5.74) is 3.36. The second-order valence-electron chi connectivity index (χ2n) is 9.44. The minimum absolute atomic E-state index is 0.0628. The Bertz CT molecular complexity index is 807. The number of hydrogen-bond donors (Lipinski definition) is 4. The van der Waals surface area contributed by atoms with E-state index in [1.807, 2.05) is 37.3 Å². The van der Waals surface area contributed by atoms with Crippen LogP contribution in [0, 0.1) is 19.8 Å². The first-order chi connectivity index (χ1) is 17.7. The van der Waals surface area contributed by atoms with E-state index in [9.17, 15) is 9.90 Å². The molecule has 0 bridgehead atoms. The second kappa shape index (κ2) is 23.1. The van der Waals surface area contributed by atoms with E-state index in [1.54, 1.807) is 18.9 Å². The normalized spacial score (nSPS) is 12.0. The molecule has 4 N–H and O–H groups in total. The third kappa shape index (κ3) is 20.7. The summed E-state index contributed by atoms with van der Waals surface area (Å²) < 4.78 is 2.27. The van der Waals surface area contributed by atoms with Gasteiger partial charge >= 0.3 is 6.09 Å². The molecule has 2 aromatic rings. The SMILES string of the molecule is C1CCCC1.CCO.Cc1cc(SN(CCCNC(=O)O)CC(C)C)ccc1CO.Cc1ccccc1. The molecule has 37 heavy (non-hydrogen) atoms. The zero-order chi connectivity index (χ0) is 27.9. The summed E-state index contributed by atoms with van der Waals surface area (Å²) in [6.45, 7) is 12.6. The van der Waals surface area contributed by atoms with Gasteiger partial charge in [-0.05, 0) is 68.3 Å². The number of carboxylic acid groups (broad SMARTS) is 1. The number of rotatable bonds is 9. The Morgan fingerprint density at radius 2 is 1.57 bits per heavy atom. The van der Waals surface area contributed by atoms with Crippen molar-refractivity contribution in [3.8, 4) is 0 Å². The van der Waals surface area contributed by atoms with Crippen LogP contribution in [-0.2, 0) is 6.61 Å². The standard InChI is InChI=1S/C16H26N2O3S.C7H8.C5H10.C2H6O/c1-12(2)10-18(8-4-7-17-16(20)21)22-15-6-5-14(11-19)13(3)9-15;1-7-5-3-2-4-6-7;1-2-4-5-3-1;1-2-3/h5-6,9,12,17,19H,4,7-8,10-11H2,1-3H3,(H,20,21);2-6H,1H3;1-5H2;3H,2H2,1H3. The number of carbonyl (C=O) groups is 1. The van der Waals surface area contributed by atoms with Crippen molar-refractivity contribution in [2.24, 2.45) is 5.92 Å². The van der Waals surface area contributed by atoms with Gasteiger partial charge in [-0.1, -0.05) is 87.9 Å². The number of nitrogens with zero attached hydrogens (tertiary/aromatic N) is 1. The van der Waals surface area contributed by atoms with Crippen molar-refractivity contribution >= 4 is 18.0 Å². The van der Waals surface area contributed by atoms with E-state index in [1.165, 1.54) is 37.7 Å². The fraction of sp³-hybridized carbons (Fsp3) is 0.567. The van der Waals surface area contributed by atoms with E-state index in [0.717, 1.165) is 35.5 Å². The molecule has 3 rings (SSSR count). The average Bonchev–Trinajstić information content (AvgIpc) is 3.43. The van der Waals surface area contributed by atoms with Crippen LogP contribution in [-0.4, -0.2) is 52.0 Å². The summed E-state index contributed by atoms with van der Waals surface area (Å²) in [5.74, 6) is 0.540. The first-order valence-electron chi connectivity index (χ1n) is 13.5.